The van der Waals surface area contributed by atoms with E-state index in [1.165, 1.54) is 0 Å². The first kappa shape index (κ1) is 10.5. The first-order valence-corrected chi connectivity index (χ1v) is 4.62. The molecule has 0 saturated heterocycles. The van der Waals surface area contributed by atoms with Gasteiger partial charge in [0.1, 0.15) is 6.07 Å². The van der Waals surface area contributed by atoms with Gasteiger partial charge in [-0.25, -0.2) is 0 Å². The zero-order chi connectivity index (χ0) is 10.4. The van der Waals surface area contributed by atoms with Crippen LogP contribution in [0.3, 0.4) is 0 Å². The van der Waals surface area contributed by atoms with Gasteiger partial charge in [0, 0.05) is 25.8 Å². The summed E-state index contributed by atoms with van der Waals surface area (Å²) in [6, 6.07) is 3.86. The van der Waals surface area contributed by atoms with Crippen LogP contribution in [0.4, 0.5) is 5.69 Å². The van der Waals surface area contributed by atoms with Crippen LogP contribution >= 0.6 is 0 Å². The molecule has 1 aromatic heterocycles. The second kappa shape index (κ2) is 5.20. The Morgan fingerprint density at radius 3 is 3.00 bits per heavy atom. The lowest BCUT2D eigenvalue weighted by Crippen LogP contribution is -2.29. The highest BCUT2D eigenvalue weighted by Gasteiger charge is 2.07. The molecule has 0 unspecified atom stereocenters. The van der Waals surface area contributed by atoms with Gasteiger partial charge in [0.15, 0.2) is 0 Å². The average molecular weight is 190 g/mol. The van der Waals surface area contributed by atoms with Crippen molar-refractivity contribution in [2.24, 2.45) is 5.73 Å². The highest BCUT2D eigenvalue weighted by molar-refractivity contribution is 5.57. The largest absolute Gasteiger partial charge is 0.368 e. The third-order valence-corrected chi connectivity index (χ3v) is 2.04. The Bertz CT molecular complexity index is 329. The first-order valence-electron chi connectivity index (χ1n) is 4.62. The van der Waals surface area contributed by atoms with Crippen LogP contribution in [-0.2, 0) is 0 Å². The van der Waals surface area contributed by atoms with Crippen molar-refractivity contribution in [2.45, 2.75) is 6.92 Å². The van der Waals surface area contributed by atoms with Crippen molar-refractivity contribution in [2.75, 3.05) is 24.5 Å². The molecule has 0 aliphatic rings. The van der Waals surface area contributed by atoms with Crippen molar-refractivity contribution in [3.8, 4) is 6.07 Å². The van der Waals surface area contributed by atoms with Gasteiger partial charge in [-0.1, -0.05) is 0 Å². The van der Waals surface area contributed by atoms with E-state index in [-0.39, 0.29) is 0 Å². The van der Waals surface area contributed by atoms with Gasteiger partial charge in [-0.3, -0.25) is 4.98 Å². The summed E-state index contributed by atoms with van der Waals surface area (Å²) >= 11 is 0. The SMILES string of the molecule is CCN(CCN)c1cnccc1C#N. The number of pyridine rings is 1. The van der Waals surface area contributed by atoms with E-state index in [0.717, 1.165) is 18.8 Å². The normalized spacial score (nSPS) is 9.50. The van der Waals surface area contributed by atoms with E-state index in [1.54, 1.807) is 18.5 Å². The summed E-state index contributed by atoms with van der Waals surface area (Å²) in [6.45, 7) is 4.19. The van der Waals surface area contributed by atoms with Crippen molar-refractivity contribution in [1.29, 1.82) is 5.26 Å². The summed E-state index contributed by atoms with van der Waals surface area (Å²) in [7, 11) is 0. The van der Waals surface area contributed by atoms with Crippen LogP contribution in [-0.4, -0.2) is 24.6 Å². The van der Waals surface area contributed by atoms with Gasteiger partial charge in [0.2, 0.25) is 0 Å². The van der Waals surface area contributed by atoms with Crippen LogP contribution in [0, 0.1) is 11.3 Å². The van der Waals surface area contributed by atoms with E-state index in [4.69, 9.17) is 11.0 Å². The fourth-order valence-corrected chi connectivity index (χ4v) is 1.34. The van der Waals surface area contributed by atoms with Gasteiger partial charge >= 0.3 is 0 Å². The molecule has 74 valence electrons. The number of anilines is 1. The number of rotatable bonds is 4. The van der Waals surface area contributed by atoms with Crippen LogP contribution < -0.4 is 10.6 Å². The molecule has 0 atom stereocenters. The lowest BCUT2D eigenvalue weighted by molar-refractivity contribution is 0.813. The number of hydrogen-bond acceptors (Lipinski definition) is 4. The van der Waals surface area contributed by atoms with Crippen LogP contribution in [0.2, 0.25) is 0 Å². The molecular formula is C10H14N4. The Labute approximate surface area is 84.0 Å². The number of hydrogen-bond donors (Lipinski definition) is 1. The minimum absolute atomic E-state index is 0.577. The van der Waals surface area contributed by atoms with Crippen molar-refractivity contribution in [1.82, 2.24) is 4.98 Å². The predicted molar refractivity (Wildman–Crippen MR) is 55.9 cm³/mol. The number of likely N-dealkylation sites (N-methyl/N-ethyl adjacent to an activating group) is 1. The van der Waals surface area contributed by atoms with Gasteiger partial charge in [-0.15, -0.1) is 0 Å². The summed E-state index contributed by atoms with van der Waals surface area (Å²) < 4.78 is 0. The number of nitrogens with two attached hydrogens (primary N) is 1. The van der Waals surface area contributed by atoms with E-state index in [2.05, 4.69) is 11.1 Å². The second-order valence-corrected chi connectivity index (χ2v) is 2.87. The number of aromatic nitrogens is 1. The van der Waals surface area contributed by atoms with E-state index < -0.39 is 0 Å². The smallest absolute Gasteiger partial charge is 0.101 e. The molecule has 0 fully saturated rings. The Morgan fingerprint density at radius 2 is 2.43 bits per heavy atom. The molecule has 0 aliphatic carbocycles. The third-order valence-electron chi connectivity index (χ3n) is 2.04. The maximum atomic E-state index is 8.90. The fraction of sp³-hybridized carbons (Fsp3) is 0.400. The fourth-order valence-electron chi connectivity index (χ4n) is 1.34. The Balaban J connectivity index is 2.97. The predicted octanol–water partition coefficient (Wildman–Crippen LogP) is 0.738. The molecule has 4 nitrogen and oxygen atoms in total. The molecule has 0 radical (unpaired) electrons. The van der Waals surface area contributed by atoms with Crippen molar-refractivity contribution in [3.63, 3.8) is 0 Å². The summed E-state index contributed by atoms with van der Waals surface area (Å²) in [4.78, 5) is 6.06. The number of nitriles is 1. The summed E-state index contributed by atoms with van der Waals surface area (Å²) in [5, 5.41) is 8.90. The monoisotopic (exact) mass is 190 g/mol. The molecule has 1 heterocycles. The van der Waals surface area contributed by atoms with Crippen molar-refractivity contribution < 1.29 is 0 Å². The van der Waals surface area contributed by atoms with E-state index in [1.807, 2.05) is 11.8 Å². The molecule has 14 heavy (non-hydrogen) atoms. The van der Waals surface area contributed by atoms with Crippen LogP contribution in [0.5, 0.6) is 0 Å². The average Bonchev–Trinajstić information content (AvgIpc) is 2.26. The lowest BCUT2D eigenvalue weighted by Gasteiger charge is -2.22. The van der Waals surface area contributed by atoms with Gasteiger partial charge in [0.05, 0.1) is 17.4 Å². The summed E-state index contributed by atoms with van der Waals surface area (Å²) in [5.74, 6) is 0. The van der Waals surface area contributed by atoms with Gasteiger partial charge in [0.25, 0.3) is 0 Å². The molecule has 0 bridgehead atoms. The Hall–Kier alpha value is -1.60. The molecule has 0 saturated carbocycles. The first-order chi connectivity index (χ1) is 6.83. The molecule has 1 aromatic rings. The van der Waals surface area contributed by atoms with Gasteiger partial charge in [-0.2, -0.15) is 5.26 Å². The van der Waals surface area contributed by atoms with E-state index in [0.29, 0.717) is 12.1 Å². The molecular weight excluding hydrogens is 176 g/mol. The summed E-state index contributed by atoms with van der Waals surface area (Å²) in [6.07, 6.45) is 3.33. The van der Waals surface area contributed by atoms with Crippen molar-refractivity contribution in [3.05, 3.63) is 24.0 Å². The minimum atomic E-state index is 0.577. The molecule has 4 heteroatoms. The standard InChI is InChI=1S/C10H14N4/c1-2-14(6-4-11)10-8-13-5-3-9(10)7-12/h3,5,8H,2,4,6,11H2,1H3. The molecule has 0 amide bonds. The second-order valence-electron chi connectivity index (χ2n) is 2.87. The van der Waals surface area contributed by atoms with Crippen LogP contribution in [0.1, 0.15) is 12.5 Å². The molecule has 0 spiro atoms. The highest BCUT2D eigenvalue weighted by atomic mass is 15.1. The van der Waals surface area contributed by atoms with Gasteiger partial charge < -0.3 is 10.6 Å². The number of nitrogens with zero attached hydrogens (tertiary/aromatic N) is 3. The maximum absolute atomic E-state index is 8.90. The van der Waals surface area contributed by atoms with Crippen molar-refractivity contribution >= 4 is 5.69 Å². The zero-order valence-electron chi connectivity index (χ0n) is 8.27. The topological polar surface area (TPSA) is 65.9 Å². The molecule has 0 aromatic carbocycles. The lowest BCUT2D eigenvalue weighted by atomic mass is 10.2. The van der Waals surface area contributed by atoms with Crippen LogP contribution in [0.15, 0.2) is 18.5 Å². The zero-order valence-corrected chi connectivity index (χ0v) is 8.27. The minimum Gasteiger partial charge on any atom is -0.368 e. The van der Waals surface area contributed by atoms with Crippen LogP contribution in [0.25, 0.3) is 0 Å². The Kier molecular flexibility index (Phi) is 3.89. The van der Waals surface area contributed by atoms with E-state index in [9.17, 15) is 0 Å². The molecule has 1 rings (SSSR count). The third kappa shape index (κ3) is 2.21. The maximum Gasteiger partial charge on any atom is 0.101 e. The van der Waals surface area contributed by atoms with Gasteiger partial charge in [-0.05, 0) is 13.0 Å². The molecule has 0 aliphatic heterocycles. The summed E-state index contributed by atoms with van der Waals surface area (Å²) in [5.41, 5.74) is 7.00. The highest BCUT2D eigenvalue weighted by Crippen LogP contribution is 2.17. The Morgan fingerprint density at radius 1 is 1.64 bits per heavy atom. The molecule has 2 N–H and O–H groups in total. The van der Waals surface area contributed by atoms with E-state index >= 15 is 0 Å². The quantitative estimate of drug-likeness (QED) is 0.760.